The van der Waals surface area contributed by atoms with E-state index in [-0.39, 0.29) is 17.5 Å². The van der Waals surface area contributed by atoms with E-state index in [1.807, 2.05) is 0 Å². The van der Waals surface area contributed by atoms with Gasteiger partial charge < -0.3 is 4.74 Å². The average molecular weight is 214 g/mol. The second-order valence-corrected chi connectivity index (χ2v) is 3.21. The van der Waals surface area contributed by atoms with Crippen LogP contribution in [-0.4, -0.2) is 30.4 Å². The zero-order valence-corrected chi connectivity index (χ0v) is 7.97. The highest BCUT2D eigenvalue weighted by Crippen LogP contribution is 2.15. The van der Waals surface area contributed by atoms with Gasteiger partial charge in [0, 0.05) is 0 Å². The second-order valence-electron chi connectivity index (χ2n) is 3.21. The zero-order chi connectivity index (χ0) is 11.4. The highest BCUT2D eigenvalue weighted by molar-refractivity contribution is 5.66. The molecule has 0 aliphatic rings. The molecule has 0 fully saturated rings. The fourth-order valence-corrected chi connectivity index (χ4v) is 0.579. The molecule has 0 aliphatic heterocycles. The number of nitrogens with zero attached hydrogens (tertiary/aromatic N) is 1. The maximum absolute atomic E-state index is 11.7. The van der Waals surface area contributed by atoms with E-state index in [9.17, 15) is 18.0 Å². The Morgan fingerprint density at radius 3 is 2.36 bits per heavy atom. The van der Waals surface area contributed by atoms with Crippen molar-refractivity contribution in [3.8, 4) is 0 Å². The first kappa shape index (κ1) is 13.0. The molecule has 0 radical (unpaired) electrons. The molecule has 0 spiro atoms. The lowest BCUT2D eigenvalue weighted by Crippen LogP contribution is -2.44. The van der Waals surface area contributed by atoms with Crippen molar-refractivity contribution < 1.29 is 22.7 Å². The van der Waals surface area contributed by atoms with Crippen molar-refractivity contribution in [3.05, 3.63) is 0 Å². The van der Waals surface area contributed by atoms with Crippen LogP contribution in [0.15, 0.2) is 0 Å². The minimum absolute atomic E-state index is 0.00236. The Bertz CT molecular complexity index is 194. The SMILES string of the molecule is CC(C)COC(=O)N(N)CC(F)(F)F. The van der Waals surface area contributed by atoms with Crippen LogP contribution in [-0.2, 0) is 4.74 Å². The molecule has 0 saturated heterocycles. The number of hydrazine groups is 1. The Kier molecular flexibility index (Phi) is 4.69. The third kappa shape index (κ3) is 6.53. The molecule has 7 heteroatoms. The molecule has 0 aromatic heterocycles. The molecule has 0 bridgehead atoms. The molecule has 0 heterocycles. The van der Waals surface area contributed by atoms with Crippen molar-refractivity contribution >= 4 is 6.09 Å². The molecule has 4 nitrogen and oxygen atoms in total. The minimum atomic E-state index is -4.51. The highest BCUT2D eigenvalue weighted by atomic mass is 19.4. The Labute approximate surface area is 79.8 Å². The molecule has 0 unspecified atom stereocenters. The molecule has 0 aromatic carbocycles. The summed E-state index contributed by atoms with van der Waals surface area (Å²) in [7, 11) is 0. The molecule has 84 valence electrons. The van der Waals surface area contributed by atoms with Crippen LogP contribution in [0, 0.1) is 5.92 Å². The highest BCUT2D eigenvalue weighted by Gasteiger charge is 2.32. The monoisotopic (exact) mass is 214 g/mol. The normalized spacial score (nSPS) is 11.6. The van der Waals surface area contributed by atoms with E-state index in [0.717, 1.165) is 0 Å². The maximum atomic E-state index is 11.7. The Balaban J connectivity index is 3.88. The topological polar surface area (TPSA) is 55.6 Å². The standard InChI is InChI=1S/C7H13F3N2O2/c1-5(2)3-14-6(13)12(11)4-7(8,9)10/h5H,3-4,11H2,1-2H3. The summed E-state index contributed by atoms with van der Waals surface area (Å²) in [6.07, 6.45) is -5.68. The average Bonchev–Trinajstić information content (AvgIpc) is 1.96. The lowest BCUT2D eigenvalue weighted by atomic mass is 10.2. The molecule has 2 N–H and O–H groups in total. The van der Waals surface area contributed by atoms with Gasteiger partial charge in [0.1, 0.15) is 6.54 Å². The Hall–Kier alpha value is -0.980. The predicted octanol–water partition coefficient (Wildman–Crippen LogP) is 1.52. The van der Waals surface area contributed by atoms with Crippen LogP contribution in [0.4, 0.5) is 18.0 Å². The summed E-state index contributed by atoms with van der Waals surface area (Å²) < 4.78 is 39.7. The van der Waals surface area contributed by atoms with Gasteiger partial charge in [0.25, 0.3) is 0 Å². The largest absolute Gasteiger partial charge is 0.448 e. The maximum Gasteiger partial charge on any atom is 0.424 e. The third-order valence-corrected chi connectivity index (χ3v) is 1.12. The van der Waals surface area contributed by atoms with Crippen molar-refractivity contribution in [1.82, 2.24) is 5.01 Å². The zero-order valence-electron chi connectivity index (χ0n) is 7.97. The lowest BCUT2D eigenvalue weighted by Gasteiger charge is -2.18. The van der Waals surface area contributed by atoms with Crippen LogP contribution in [0.3, 0.4) is 0 Å². The van der Waals surface area contributed by atoms with Crippen LogP contribution in [0.2, 0.25) is 0 Å². The second kappa shape index (κ2) is 5.04. The van der Waals surface area contributed by atoms with Gasteiger partial charge in [0.15, 0.2) is 0 Å². The molecule has 0 saturated carbocycles. The van der Waals surface area contributed by atoms with E-state index < -0.39 is 18.8 Å². The van der Waals surface area contributed by atoms with Crippen molar-refractivity contribution in [2.24, 2.45) is 11.8 Å². The van der Waals surface area contributed by atoms with Crippen LogP contribution in [0.25, 0.3) is 0 Å². The van der Waals surface area contributed by atoms with E-state index in [1.165, 1.54) is 0 Å². The number of carbonyl (C=O) groups is 1. The number of alkyl halides is 3. The van der Waals surface area contributed by atoms with Gasteiger partial charge in [0.05, 0.1) is 6.61 Å². The van der Waals surface area contributed by atoms with Crippen LogP contribution >= 0.6 is 0 Å². The van der Waals surface area contributed by atoms with E-state index in [0.29, 0.717) is 0 Å². The van der Waals surface area contributed by atoms with Gasteiger partial charge in [-0.2, -0.15) is 13.2 Å². The molecular weight excluding hydrogens is 201 g/mol. The number of amides is 1. The van der Waals surface area contributed by atoms with Gasteiger partial charge in [-0.25, -0.2) is 15.6 Å². The van der Waals surface area contributed by atoms with E-state index in [4.69, 9.17) is 5.84 Å². The molecule has 0 atom stereocenters. The summed E-state index contributed by atoms with van der Waals surface area (Å²) in [6, 6.07) is 0. The smallest absolute Gasteiger partial charge is 0.424 e. The number of hydrogen-bond acceptors (Lipinski definition) is 3. The first-order chi connectivity index (χ1) is 6.22. The summed E-state index contributed by atoms with van der Waals surface area (Å²) in [5, 5.41) is 0.00236. The number of ether oxygens (including phenoxy) is 1. The lowest BCUT2D eigenvalue weighted by molar-refractivity contribution is -0.143. The number of nitrogens with two attached hydrogens (primary N) is 1. The summed E-state index contributed by atoms with van der Waals surface area (Å²) in [4.78, 5) is 10.8. The van der Waals surface area contributed by atoms with Crippen molar-refractivity contribution in [2.75, 3.05) is 13.2 Å². The summed E-state index contributed by atoms with van der Waals surface area (Å²) in [5.41, 5.74) is 0. The third-order valence-electron chi connectivity index (χ3n) is 1.12. The molecule has 1 amide bonds. The van der Waals surface area contributed by atoms with Crippen LogP contribution in [0.5, 0.6) is 0 Å². The van der Waals surface area contributed by atoms with E-state index in [2.05, 4.69) is 4.74 Å². The number of carbonyl (C=O) groups excluding carboxylic acids is 1. The van der Waals surface area contributed by atoms with E-state index in [1.54, 1.807) is 13.8 Å². The van der Waals surface area contributed by atoms with Crippen molar-refractivity contribution in [2.45, 2.75) is 20.0 Å². The number of halogens is 3. The number of hydrogen-bond donors (Lipinski definition) is 1. The van der Waals surface area contributed by atoms with Gasteiger partial charge in [-0.1, -0.05) is 13.8 Å². The van der Waals surface area contributed by atoms with Gasteiger partial charge in [0.2, 0.25) is 0 Å². The van der Waals surface area contributed by atoms with Crippen molar-refractivity contribution in [3.63, 3.8) is 0 Å². The predicted molar refractivity (Wildman–Crippen MR) is 43.1 cm³/mol. The molecule has 0 rings (SSSR count). The van der Waals surface area contributed by atoms with Crippen molar-refractivity contribution in [1.29, 1.82) is 0 Å². The van der Waals surface area contributed by atoms with Crippen LogP contribution in [0.1, 0.15) is 13.8 Å². The Morgan fingerprint density at radius 2 is 2.00 bits per heavy atom. The molecule has 0 aromatic rings. The first-order valence-electron chi connectivity index (χ1n) is 3.98. The van der Waals surface area contributed by atoms with Gasteiger partial charge in [-0.05, 0) is 5.92 Å². The van der Waals surface area contributed by atoms with E-state index >= 15 is 0 Å². The Morgan fingerprint density at radius 1 is 1.50 bits per heavy atom. The summed E-state index contributed by atoms with van der Waals surface area (Å²) in [5.74, 6) is 4.88. The number of rotatable bonds is 3. The molecule has 14 heavy (non-hydrogen) atoms. The fraction of sp³-hybridized carbons (Fsp3) is 0.857. The quantitative estimate of drug-likeness (QED) is 0.440. The fourth-order valence-electron chi connectivity index (χ4n) is 0.579. The summed E-state index contributed by atoms with van der Waals surface area (Å²) >= 11 is 0. The minimum Gasteiger partial charge on any atom is -0.448 e. The van der Waals surface area contributed by atoms with Gasteiger partial charge in [-0.15, -0.1) is 0 Å². The van der Waals surface area contributed by atoms with Gasteiger partial charge in [-0.3, -0.25) is 0 Å². The summed E-state index contributed by atoms with van der Waals surface area (Å²) in [6.45, 7) is 2.06. The van der Waals surface area contributed by atoms with Crippen LogP contribution < -0.4 is 5.84 Å². The molecular formula is C7H13F3N2O2. The first-order valence-corrected chi connectivity index (χ1v) is 3.98. The van der Waals surface area contributed by atoms with Gasteiger partial charge >= 0.3 is 12.3 Å². The molecule has 0 aliphatic carbocycles.